The molecule has 0 aliphatic carbocycles. The lowest BCUT2D eigenvalue weighted by atomic mass is 10.1. The van der Waals surface area contributed by atoms with E-state index in [0.29, 0.717) is 6.42 Å². The number of benzene rings is 1. The second-order valence-corrected chi connectivity index (χ2v) is 10.1. The molecule has 1 amide bonds. The molecule has 0 radical (unpaired) electrons. The summed E-state index contributed by atoms with van der Waals surface area (Å²) in [5.74, 6) is -0.899. The fourth-order valence-electron chi connectivity index (χ4n) is 3.06. The van der Waals surface area contributed by atoms with E-state index in [-0.39, 0.29) is 46.0 Å². The Balaban J connectivity index is 2.72. The molecule has 0 bridgehead atoms. The van der Waals surface area contributed by atoms with Crippen molar-refractivity contribution in [1.29, 1.82) is 0 Å². The zero-order chi connectivity index (χ0) is 23.5. The van der Waals surface area contributed by atoms with Gasteiger partial charge >= 0.3 is 5.69 Å². The van der Waals surface area contributed by atoms with E-state index >= 15 is 0 Å². The van der Waals surface area contributed by atoms with E-state index in [1.165, 1.54) is 22.8 Å². The third kappa shape index (κ3) is 5.56. The molecule has 1 aromatic heterocycles. The van der Waals surface area contributed by atoms with Crippen LogP contribution in [0.1, 0.15) is 44.0 Å². The molecule has 2 rings (SSSR count). The number of hydrogen-bond acceptors (Lipinski definition) is 6. The van der Waals surface area contributed by atoms with Gasteiger partial charge in [-0.2, -0.15) is 0 Å². The van der Waals surface area contributed by atoms with E-state index in [1.54, 1.807) is 0 Å². The first-order valence-corrected chi connectivity index (χ1v) is 12.1. The summed E-state index contributed by atoms with van der Waals surface area (Å²) in [5.41, 5.74) is 4.45. The summed E-state index contributed by atoms with van der Waals surface area (Å²) in [6.45, 7) is 5.99. The molecule has 0 spiro atoms. The number of unbranched alkanes of at least 4 members (excludes halogenated alkanes) is 1. The third-order valence-electron chi connectivity index (χ3n) is 4.61. The number of nitrogens with two attached hydrogens (primary N) is 1. The molecule has 0 fully saturated rings. The number of hydrogen-bond donors (Lipinski definition) is 2. The summed E-state index contributed by atoms with van der Waals surface area (Å²) >= 11 is 6.20. The van der Waals surface area contributed by atoms with Crippen LogP contribution in [0.4, 0.5) is 11.5 Å². The second kappa shape index (κ2) is 9.69. The van der Waals surface area contributed by atoms with E-state index < -0.39 is 27.0 Å². The molecule has 1 aromatic carbocycles. The molecule has 3 N–H and O–H groups in total. The standard InChI is InChI=1S/C20H27ClN4O5S/c1-5-6-9-24-17(22)16(18(26)23-20(24)28)25(11-12(2)3)19(27)14-10-13(31(4,29)30)7-8-15(14)21/h7-8,10,12H,5-6,9,11,22H2,1-4H3,(H,23,26,28). The van der Waals surface area contributed by atoms with Gasteiger partial charge in [0.05, 0.1) is 15.5 Å². The lowest BCUT2D eigenvalue weighted by molar-refractivity contribution is 0.0983. The van der Waals surface area contributed by atoms with Crippen molar-refractivity contribution in [2.24, 2.45) is 5.92 Å². The first-order chi connectivity index (χ1) is 14.4. The van der Waals surface area contributed by atoms with Crippen LogP contribution in [0.2, 0.25) is 5.02 Å². The van der Waals surface area contributed by atoms with Crippen LogP contribution in [0.15, 0.2) is 32.7 Å². The van der Waals surface area contributed by atoms with E-state index in [4.69, 9.17) is 17.3 Å². The number of halogens is 1. The molecule has 0 saturated heterocycles. The number of nitrogen functional groups attached to an aromatic ring is 1. The van der Waals surface area contributed by atoms with Gasteiger partial charge in [-0.1, -0.05) is 38.8 Å². The number of H-pyrrole nitrogens is 1. The monoisotopic (exact) mass is 470 g/mol. The summed E-state index contributed by atoms with van der Waals surface area (Å²) in [4.78, 5) is 41.7. The van der Waals surface area contributed by atoms with Gasteiger partial charge < -0.3 is 10.6 Å². The molecule has 11 heteroatoms. The Labute approximate surface area is 185 Å². The van der Waals surface area contributed by atoms with Crippen molar-refractivity contribution in [3.8, 4) is 0 Å². The number of nitrogens with zero attached hydrogens (tertiary/aromatic N) is 2. The molecule has 0 unspecified atom stereocenters. The van der Waals surface area contributed by atoms with E-state index in [0.717, 1.165) is 17.6 Å². The van der Waals surface area contributed by atoms with Crippen molar-refractivity contribution in [3.63, 3.8) is 0 Å². The number of rotatable bonds is 8. The average molecular weight is 471 g/mol. The number of aromatic amines is 1. The predicted molar refractivity (Wildman–Crippen MR) is 122 cm³/mol. The maximum absolute atomic E-state index is 13.4. The molecule has 2 aromatic rings. The molecule has 1 heterocycles. The maximum Gasteiger partial charge on any atom is 0.330 e. The number of aromatic nitrogens is 2. The van der Waals surface area contributed by atoms with Gasteiger partial charge in [0.1, 0.15) is 5.82 Å². The van der Waals surface area contributed by atoms with Gasteiger partial charge in [0, 0.05) is 19.3 Å². The smallest absolute Gasteiger partial charge is 0.330 e. The number of anilines is 2. The predicted octanol–water partition coefficient (Wildman–Crippen LogP) is 2.28. The average Bonchev–Trinajstić information content (AvgIpc) is 2.65. The fourth-order valence-corrected chi connectivity index (χ4v) is 3.91. The highest BCUT2D eigenvalue weighted by molar-refractivity contribution is 7.90. The van der Waals surface area contributed by atoms with Crippen molar-refractivity contribution >= 4 is 38.9 Å². The molecule has 0 aliphatic rings. The summed E-state index contributed by atoms with van der Waals surface area (Å²) in [5, 5.41) is 0.0282. The van der Waals surface area contributed by atoms with Crippen molar-refractivity contribution in [2.75, 3.05) is 23.4 Å². The Morgan fingerprint density at radius 2 is 1.94 bits per heavy atom. The summed E-state index contributed by atoms with van der Waals surface area (Å²) in [6.07, 6.45) is 2.46. The first kappa shape index (κ1) is 24.7. The Morgan fingerprint density at radius 1 is 1.29 bits per heavy atom. The highest BCUT2D eigenvalue weighted by atomic mass is 35.5. The van der Waals surface area contributed by atoms with Crippen molar-refractivity contribution < 1.29 is 13.2 Å². The second-order valence-electron chi connectivity index (χ2n) is 7.72. The van der Waals surface area contributed by atoms with Gasteiger partial charge in [-0.05, 0) is 30.5 Å². The largest absolute Gasteiger partial charge is 0.383 e. The first-order valence-electron chi connectivity index (χ1n) is 9.82. The zero-order valence-corrected chi connectivity index (χ0v) is 19.5. The van der Waals surface area contributed by atoms with Crippen molar-refractivity contribution in [3.05, 3.63) is 49.6 Å². The molecule has 31 heavy (non-hydrogen) atoms. The van der Waals surface area contributed by atoms with Crippen LogP contribution in [0.25, 0.3) is 0 Å². The Kier molecular flexibility index (Phi) is 7.72. The van der Waals surface area contributed by atoms with Gasteiger partial charge in [0.25, 0.3) is 11.5 Å². The molecule has 0 saturated carbocycles. The van der Waals surface area contributed by atoms with Crippen LogP contribution in [-0.4, -0.2) is 36.7 Å². The van der Waals surface area contributed by atoms with E-state index in [2.05, 4.69) is 4.98 Å². The van der Waals surface area contributed by atoms with Gasteiger partial charge in [0.15, 0.2) is 15.5 Å². The van der Waals surface area contributed by atoms with Crippen LogP contribution in [0.3, 0.4) is 0 Å². The van der Waals surface area contributed by atoms with Crippen LogP contribution >= 0.6 is 11.6 Å². The van der Waals surface area contributed by atoms with Crippen LogP contribution in [0, 0.1) is 5.92 Å². The van der Waals surface area contributed by atoms with Gasteiger partial charge in [0.2, 0.25) is 0 Å². The quantitative estimate of drug-likeness (QED) is 0.607. The third-order valence-corrected chi connectivity index (χ3v) is 6.05. The van der Waals surface area contributed by atoms with Crippen molar-refractivity contribution in [2.45, 2.75) is 45.1 Å². The minimum atomic E-state index is -3.60. The normalized spacial score (nSPS) is 11.7. The summed E-state index contributed by atoms with van der Waals surface area (Å²) in [7, 11) is -3.60. The number of amides is 1. The fraction of sp³-hybridized carbons (Fsp3) is 0.450. The van der Waals surface area contributed by atoms with Gasteiger partial charge in [-0.25, -0.2) is 13.2 Å². The van der Waals surface area contributed by atoms with E-state index in [9.17, 15) is 22.8 Å². The van der Waals surface area contributed by atoms with Crippen molar-refractivity contribution in [1.82, 2.24) is 9.55 Å². The number of nitrogens with one attached hydrogen (secondary N) is 1. The minimum absolute atomic E-state index is 0.0282. The van der Waals surface area contributed by atoms with E-state index in [1.807, 2.05) is 20.8 Å². The Bertz CT molecular complexity index is 1200. The lowest BCUT2D eigenvalue weighted by Gasteiger charge is -2.26. The molecule has 0 aliphatic heterocycles. The summed E-state index contributed by atoms with van der Waals surface area (Å²) in [6, 6.07) is 3.78. The Hall–Kier alpha value is -2.59. The SMILES string of the molecule is CCCCn1c(N)c(N(CC(C)C)C(=O)c2cc(S(C)(=O)=O)ccc2Cl)c(=O)[nH]c1=O. The van der Waals surface area contributed by atoms with Crippen LogP contribution < -0.4 is 21.9 Å². The van der Waals surface area contributed by atoms with Crippen LogP contribution in [0.5, 0.6) is 0 Å². The summed E-state index contributed by atoms with van der Waals surface area (Å²) < 4.78 is 25.1. The minimum Gasteiger partial charge on any atom is -0.383 e. The Morgan fingerprint density at radius 3 is 2.48 bits per heavy atom. The molecule has 0 atom stereocenters. The number of sulfone groups is 1. The molecule has 170 valence electrons. The molecule has 9 nitrogen and oxygen atoms in total. The topological polar surface area (TPSA) is 135 Å². The van der Waals surface area contributed by atoms with Gasteiger partial charge in [-0.3, -0.25) is 19.1 Å². The highest BCUT2D eigenvalue weighted by Crippen LogP contribution is 2.26. The maximum atomic E-state index is 13.4. The van der Waals surface area contributed by atoms with Crippen LogP contribution in [-0.2, 0) is 16.4 Å². The number of carbonyl (C=O) groups is 1. The van der Waals surface area contributed by atoms with Gasteiger partial charge in [-0.15, -0.1) is 0 Å². The number of carbonyl (C=O) groups excluding carboxylic acids is 1. The highest BCUT2D eigenvalue weighted by Gasteiger charge is 2.28. The molecular weight excluding hydrogens is 444 g/mol. The molecular formula is C20H27ClN4O5S. The zero-order valence-electron chi connectivity index (χ0n) is 17.9. The lowest BCUT2D eigenvalue weighted by Crippen LogP contribution is -2.42.